The van der Waals surface area contributed by atoms with Crippen LogP contribution in [0, 0.1) is 0 Å². The van der Waals surface area contributed by atoms with E-state index in [0.717, 1.165) is 6.40 Å². The van der Waals surface area contributed by atoms with Gasteiger partial charge < -0.3 is 20.0 Å². The van der Waals surface area contributed by atoms with Crippen LogP contribution in [0.2, 0.25) is 0 Å². The lowest BCUT2D eigenvalue weighted by molar-refractivity contribution is 0.335. The topological polar surface area (TPSA) is 104 Å². The van der Waals surface area contributed by atoms with Crippen molar-refractivity contribution in [3.05, 3.63) is 67.0 Å². The molecule has 130 valence electrons. The molecule has 0 radical (unpaired) electrons. The number of hydrogen-bond donors (Lipinski definition) is 1. The lowest BCUT2D eigenvalue weighted by Gasteiger charge is -2.02. The number of benzene rings is 2. The second kappa shape index (κ2) is 8.78. The highest BCUT2D eigenvalue weighted by Crippen LogP contribution is 2.21. The minimum atomic E-state index is 0.278. The molecule has 0 fully saturated rings. The maximum Gasteiger partial charge on any atom is 0.321 e. The number of para-hydroxylation sites is 2. The Bertz CT molecular complexity index is 883. The van der Waals surface area contributed by atoms with Gasteiger partial charge in [0.05, 0.1) is 11.4 Å². The summed E-state index contributed by atoms with van der Waals surface area (Å²) < 4.78 is 10.7. The average molecular weight is 349 g/mol. The molecule has 0 aliphatic heterocycles. The Morgan fingerprint density at radius 2 is 1.65 bits per heavy atom. The molecule has 0 saturated heterocycles. The molecule has 26 heavy (non-hydrogen) atoms. The zero-order valence-corrected chi connectivity index (χ0v) is 13.6. The molecule has 0 bridgehead atoms. The van der Waals surface area contributed by atoms with Gasteiger partial charge in [-0.15, -0.1) is 0 Å². The maximum absolute atomic E-state index is 5.73. The Labute approximate surface area is 149 Å². The van der Waals surface area contributed by atoms with Crippen molar-refractivity contribution in [2.24, 2.45) is 10.1 Å². The van der Waals surface area contributed by atoms with Crippen molar-refractivity contribution in [1.82, 2.24) is 9.97 Å². The Kier molecular flexibility index (Phi) is 5.71. The molecule has 0 atom stereocenters. The van der Waals surface area contributed by atoms with E-state index in [-0.39, 0.29) is 6.01 Å². The fourth-order valence-corrected chi connectivity index (χ4v) is 1.85. The summed E-state index contributed by atoms with van der Waals surface area (Å²) in [5, 5.41) is 3.60. The van der Waals surface area contributed by atoms with Gasteiger partial charge in [-0.1, -0.05) is 12.1 Å². The van der Waals surface area contributed by atoms with E-state index in [4.69, 9.17) is 20.0 Å². The Balaban J connectivity index is 1.46. The van der Waals surface area contributed by atoms with E-state index in [0.29, 0.717) is 22.9 Å². The van der Waals surface area contributed by atoms with E-state index in [1.807, 2.05) is 6.07 Å². The molecule has 8 heteroatoms. The number of anilines is 1. The Hall–Kier alpha value is -3.94. The predicted octanol–water partition coefficient (Wildman–Crippen LogP) is 3.55. The van der Waals surface area contributed by atoms with E-state index in [9.17, 15) is 0 Å². The van der Waals surface area contributed by atoms with Gasteiger partial charge in [0.2, 0.25) is 12.8 Å². The number of oxime groups is 1. The SMILES string of the molecule is Nc1ccccc1O/C=N/OC=Nc1ccc(Oc2ncccn2)cc1. The van der Waals surface area contributed by atoms with Crippen LogP contribution in [0.25, 0.3) is 0 Å². The van der Waals surface area contributed by atoms with Gasteiger partial charge in [0.1, 0.15) is 5.75 Å². The van der Waals surface area contributed by atoms with Gasteiger partial charge in [0, 0.05) is 12.4 Å². The molecule has 3 aromatic rings. The first-order valence-electron chi connectivity index (χ1n) is 7.57. The first kappa shape index (κ1) is 16.9. The minimum absolute atomic E-state index is 0.278. The van der Waals surface area contributed by atoms with Gasteiger partial charge in [0.15, 0.2) is 5.75 Å². The number of nitrogens with zero attached hydrogens (tertiary/aromatic N) is 4. The van der Waals surface area contributed by atoms with Gasteiger partial charge in [-0.3, -0.25) is 0 Å². The molecule has 0 aliphatic carbocycles. The molecule has 0 unspecified atom stereocenters. The summed E-state index contributed by atoms with van der Waals surface area (Å²) in [5.74, 6) is 1.10. The molecule has 0 saturated carbocycles. The van der Waals surface area contributed by atoms with Crippen molar-refractivity contribution >= 4 is 24.2 Å². The second-order valence-electron chi connectivity index (χ2n) is 4.83. The van der Waals surface area contributed by atoms with E-state index in [1.165, 1.54) is 6.40 Å². The number of ether oxygens (including phenoxy) is 2. The summed E-state index contributed by atoms with van der Waals surface area (Å²) in [6.07, 6.45) is 5.53. The van der Waals surface area contributed by atoms with Crippen LogP contribution in [0.1, 0.15) is 0 Å². The molecule has 0 spiro atoms. The van der Waals surface area contributed by atoms with Crippen molar-refractivity contribution in [1.29, 1.82) is 0 Å². The van der Waals surface area contributed by atoms with Crippen LogP contribution < -0.4 is 15.2 Å². The van der Waals surface area contributed by atoms with Gasteiger partial charge >= 0.3 is 6.01 Å². The highest BCUT2D eigenvalue weighted by atomic mass is 16.6. The van der Waals surface area contributed by atoms with Crippen molar-refractivity contribution in [3.63, 3.8) is 0 Å². The first-order valence-corrected chi connectivity index (χ1v) is 7.57. The molecule has 8 nitrogen and oxygen atoms in total. The maximum atomic E-state index is 5.73. The quantitative estimate of drug-likeness (QED) is 0.303. The van der Waals surface area contributed by atoms with Gasteiger partial charge in [-0.2, -0.15) is 0 Å². The van der Waals surface area contributed by atoms with Crippen LogP contribution in [0.4, 0.5) is 11.4 Å². The third-order valence-corrected chi connectivity index (χ3v) is 3.04. The van der Waals surface area contributed by atoms with E-state index >= 15 is 0 Å². The summed E-state index contributed by atoms with van der Waals surface area (Å²) >= 11 is 0. The third-order valence-electron chi connectivity index (χ3n) is 3.04. The van der Waals surface area contributed by atoms with Gasteiger partial charge in [-0.25, -0.2) is 15.0 Å². The molecule has 3 rings (SSSR count). The van der Waals surface area contributed by atoms with Gasteiger partial charge in [-0.05, 0) is 47.6 Å². The Morgan fingerprint density at radius 1 is 0.885 bits per heavy atom. The average Bonchev–Trinajstić information content (AvgIpc) is 2.68. The van der Waals surface area contributed by atoms with Crippen molar-refractivity contribution < 1.29 is 14.3 Å². The van der Waals surface area contributed by atoms with E-state index in [1.54, 1.807) is 60.9 Å². The fourth-order valence-electron chi connectivity index (χ4n) is 1.85. The summed E-state index contributed by atoms with van der Waals surface area (Å²) in [5.41, 5.74) is 6.90. The summed E-state index contributed by atoms with van der Waals surface area (Å²) in [6, 6.07) is 16.0. The van der Waals surface area contributed by atoms with Crippen molar-refractivity contribution in [3.8, 4) is 17.5 Å². The zero-order valence-electron chi connectivity index (χ0n) is 13.6. The third kappa shape index (κ3) is 5.03. The Morgan fingerprint density at radius 3 is 2.42 bits per heavy atom. The monoisotopic (exact) mass is 349 g/mol. The van der Waals surface area contributed by atoms with Crippen LogP contribution in [0.3, 0.4) is 0 Å². The smallest absolute Gasteiger partial charge is 0.321 e. The summed E-state index contributed by atoms with van der Waals surface area (Å²) in [7, 11) is 0. The first-order chi connectivity index (χ1) is 12.8. The lowest BCUT2D eigenvalue weighted by Crippen LogP contribution is -1.95. The molecule has 1 heterocycles. The number of hydrogen-bond acceptors (Lipinski definition) is 8. The summed E-state index contributed by atoms with van der Waals surface area (Å²) in [6.45, 7) is 0. The zero-order chi connectivity index (χ0) is 18.0. The normalized spacial score (nSPS) is 10.9. The minimum Gasteiger partial charge on any atom is -0.440 e. The van der Waals surface area contributed by atoms with Crippen LogP contribution in [0.5, 0.6) is 17.5 Å². The number of aromatic nitrogens is 2. The van der Waals surface area contributed by atoms with E-state index < -0.39 is 0 Å². The molecule has 1 aromatic heterocycles. The summed E-state index contributed by atoms with van der Waals surface area (Å²) in [4.78, 5) is 16.9. The highest BCUT2D eigenvalue weighted by Gasteiger charge is 1.99. The number of nitrogen functional groups attached to an aromatic ring is 1. The molecule has 2 aromatic carbocycles. The van der Waals surface area contributed by atoms with Crippen LogP contribution in [-0.2, 0) is 4.84 Å². The van der Waals surface area contributed by atoms with Crippen molar-refractivity contribution in [2.75, 3.05) is 5.73 Å². The predicted molar refractivity (Wildman–Crippen MR) is 97.8 cm³/mol. The molecular weight excluding hydrogens is 334 g/mol. The fraction of sp³-hybridized carbons (Fsp3) is 0. The van der Waals surface area contributed by atoms with E-state index in [2.05, 4.69) is 20.1 Å². The number of nitrogens with two attached hydrogens (primary N) is 1. The largest absolute Gasteiger partial charge is 0.440 e. The van der Waals surface area contributed by atoms with Crippen LogP contribution in [-0.4, -0.2) is 22.8 Å². The molecular formula is C18H15N5O3. The van der Waals surface area contributed by atoms with Crippen molar-refractivity contribution in [2.45, 2.75) is 0 Å². The lowest BCUT2D eigenvalue weighted by atomic mass is 10.3. The van der Waals surface area contributed by atoms with Crippen LogP contribution >= 0.6 is 0 Å². The standard InChI is InChI=1S/C18H15N5O3/c19-16-4-1-2-5-17(16)24-13-23-25-12-22-14-6-8-15(9-7-14)26-18-20-10-3-11-21-18/h1-13H,19H2/b22-12?,23-13+. The molecule has 2 N–H and O–H groups in total. The highest BCUT2D eigenvalue weighted by molar-refractivity contribution is 5.61. The number of aliphatic imine (C=N–C) groups is 1. The second-order valence-corrected chi connectivity index (χ2v) is 4.83. The van der Waals surface area contributed by atoms with Gasteiger partial charge in [0.25, 0.3) is 0 Å². The molecule has 0 amide bonds. The van der Waals surface area contributed by atoms with Crippen LogP contribution in [0.15, 0.2) is 77.1 Å². The number of rotatable bonds is 7. The molecule has 0 aliphatic rings.